The van der Waals surface area contributed by atoms with E-state index in [0.29, 0.717) is 31.0 Å². The van der Waals surface area contributed by atoms with Crippen molar-refractivity contribution >= 4 is 22.6 Å². The summed E-state index contributed by atoms with van der Waals surface area (Å²) in [6.45, 7) is -0.0445. The topological polar surface area (TPSA) is 132 Å². The number of H-pyrrole nitrogens is 1. The van der Waals surface area contributed by atoms with E-state index in [-0.39, 0.29) is 30.2 Å². The van der Waals surface area contributed by atoms with Crippen molar-refractivity contribution in [1.82, 2.24) is 25.3 Å². The van der Waals surface area contributed by atoms with Gasteiger partial charge in [-0.2, -0.15) is 0 Å². The molecule has 4 rings (SSSR count). The summed E-state index contributed by atoms with van der Waals surface area (Å²) < 4.78 is 15.5. The van der Waals surface area contributed by atoms with Crippen LogP contribution in [0.5, 0.6) is 5.88 Å². The highest BCUT2D eigenvalue weighted by Crippen LogP contribution is 2.31. The van der Waals surface area contributed by atoms with Crippen LogP contribution in [0.3, 0.4) is 0 Å². The van der Waals surface area contributed by atoms with Crippen molar-refractivity contribution in [3.63, 3.8) is 0 Å². The number of nitrogens with one attached hydrogen (secondary N) is 2. The summed E-state index contributed by atoms with van der Waals surface area (Å²) in [4.78, 5) is 40.7. The molecule has 3 aromatic heterocycles. The smallest absolute Gasteiger partial charge is 0.263 e. The van der Waals surface area contributed by atoms with Gasteiger partial charge in [-0.1, -0.05) is 31.0 Å². The van der Waals surface area contributed by atoms with Crippen LogP contribution in [0.15, 0.2) is 53.4 Å². The molecule has 10 nitrogen and oxygen atoms in total. The summed E-state index contributed by atoms with van der Waals surface area (Å²) in [6, 6.07) is 9.46. The first-order valence-electron chi connectivity index (χ1n) is 11.8. The van der Waals surface area contributed by atoms with Crippen molar-refractivity contribution in [3.8, 4) is 17.1 Å². The highest BCUT2D eigenvalue weighted by molar-refractivity contribution is 5.91. The number of hydrogen-bond acceptors (Lipinski definition) is 8. The Morgan fingerprint density at radius 1 is 1.14 bits per heavy atom. The lowest BCUT2D eigenvalue weighted by Gasteiger charge is -2.17. The monoisotopic (exact) mass is 491 g/mol. The van der Waals surface area contributed by atoms with E-state index in [1.807, 2.05) is 30.3 Å². The number of benzene rings is 1. The lowest BCUT2D eigenvalue weighted by molar-refractivity contribution is -0.125. The summed E-state index contributed by atoms with van der Waals surface area (Å²) in [6.07, 6.45) is 7.86. The van der Waals surface area contributed by atoms with Crippen LogP contribution < -0.4 is 10.1 Å². The maximum absolute atomic E-state index is 12.3. The first kappa shape index (κ1) is 25.1. The van der Waals surface area contributed by atoms with Crippen LogP contribution in [0, 0.1) is 0 Å². The van der Waals surface area contributed by atoms with Crippen molar-refractivity contribution in [2.45, 2.75) is 38.1 Å². The molecule has 188 valence electrons. The highest BCUT2D eigenvalue weighted by atomic mass is 16.5. The number of para-hydroxylation sites is 1. The van der Waals surface area contributed by atoms with E-state index in [9.17, 15) is 9.59 Å². The zero-order valence-electron chi connectivity index (χ0n) is 20.3. The van der Waals surface area contributed by atoms with E-state index in [2.05, 4.69) is 25.3 Å². The minimum Gasteiger partial charge on any atom is -0.480 e. The molecule has 1 aromatic carbocycles. The molecule has 0 aliphatic carbocycles. The maximum atomic E-state index is 12.3. The molecule has 1 atom stereocenters. The Hall–Kier alpha value is -4.05. The molecule has 0 aliphatic rings. The van der Waals surface area contributed by atoms with Crippen molar-refractivity contribution in [3.05, 3.63) is 60.7 Å². The number of carbonyl (C=O) groups is 2. The Morgan fingerprint density at radius 2 is 2.00 bits per heavy atom. The Labute approximate surface area is 208 Å². The Balaban J connectivity index is 1.45. The van der Waals surface area contributed by atoms with Crippen LogP contribution >= 0.6 is 0 Å². The van der Waals surface area contributed by atoms with Gasteiger partial charge in [0.25, 0.3) is 5.89 Å². The minimum atomic E-state index is -0.344. The number of ketones is 1. The molecule has 36 heavy (non-hydrogen) atoms. The Kier molecular flexibility index (Phi) is 8.40. The van der Waals surface area contributed by atoms with Gasteiger partial charge in [-0.3, -0.25) is 9.59 Å². The predicted octanol–water partition coefficient (Wildman–Crippen LogP) is 4.26. The number of aromatic amines is 1. The van der Waals surface area contributed by atoms with Gasteiger partial charge in [0.15, 0.2) is 0 Å². The largest absolute Gasteiger partial charge is 0.480 e. The molecule has 2 N–H and O–H groups in total. The molecule has 3 heterocycles. The van der Waals surface area contributed by atoms with Crippen LogP contribution in [0.4, 0.5) is 0 Å². The molecule has 4 aromatic rings. The summed E-state index contributed by atoms with van der Waals surface area (Å²) in [5.74, 6) is 0.907. The number of Topliss-reactive ketones (excluding diaryl/α,β-unsaturated/α-hetero) is 1. The molecular weight excluding hydrogens is 462 g/mol. The third kappa shape index (κ3) is 6.14. The van der Waals surface area contributed by atoms with Crippen LogP contribution in [-0.4, -0.2) is 52.5 Å². The van der Waals surface area contributed by atoms with Crippen molar-refractivity contribution in [2.24, 2.45) is 0 Å². The number of carbonyl (C=O) groups excluding carboxylic acids is 2. The van der Waals surface area contributed by atoms with Crippen LogP contribution in [0.1, 0.15) is 54.7 Å². The summed E-state index contributed by atoms with van der Waals surface area (Å²) in [5, 5.41) is 3.96. The fraction of sp³-hybridized carbons (Fsp3) is 0.346. The first-order chi connectivity index (χ1) is 17.6. The normalized spacial score (nSPS) is 11.9. The predicted molar refractivity (Wildman–Crippen MR) is 133 cm³/mol. The van der Waals surface area contributed by atoms with Gasteiger partial charge in [-0.15, -0.1) is 0 Å². The number of rotatable bonds is 13. The molecular formula is C26H29N5O5. The number of imidazole rings is 1. The second-order valence-electron chi connectivity index (χ2n) is 8.33. The molecule has 0 unspecified atom stereocenters. The average molecular weight is 492 g/mol. The highest BCUT2D eigenvalue weighted by Gasteiger charge is 2.20. The number of unbranched alkanes of at least 4 members (excludes halogenated alkanes) is 2. The summed E-state index contributed by atoms with van der Waals surface area (Å²) in [7, 11) is 3.06. The SMILES string of the molecule is COCC(=O)N[C@@H](CCCCCC(=O)c1ncco1)c1ncc(-c2cc3ccccc3nc2OC)[nH]1. The fourth-order valence-corrected chi connectivity index (χ4v) is 4.02. The van der Waals surface area contributed by atoms with E-state index in [1.165, 1.54) is 19.6 Å². The zero-order valence-corrected chi connectivity index (χ0v) is 20.3. The second-order valence-corrected chi connectivity index (χ2v) is 8.33. The number of nitrogens with zero attached hydrogens (tertiary/aromatic N) is 3. The van der Waals surface area contributed by atoms with Gasteiger partial charge < -0.3 is 24.2 Å². The zero-order chi connectivity index (χ0) is 25.3. The Bertz CT molecular complexity index is 1300. The number of fused-ring (bicyclic) bond motifs is 1. The van der Waals surface area contributed by atoms with E-state index >= 15 is 0 Å². The van der Waals surface area contributed by atoms with E-state index in [1.54, 1.807) is 13.3 Å². The number of ether oxygens (including phenoxy) is 2. The molecule has 0 saturated heterocycles. The molecule has 0 spiro atoms. The van der Waals surface area contributed by atoms with Gasteiger partial charge in [-0.05, 0) is 25.0 Å². The van der Waals surface area contributed by atoms with Crippen LogP contribution in [-0.2, 0) is 9.53 Å². The van der Waals surface area contributed by atoms with Gasteiger partial charge in [0, 0.05) is 18.9 Å². The lowest BCUT2D eigenvalue weighted by atomic mass is 10.1. The van der Waals surface area contributed by atoms with E-state index in [4.69, 9.17) is 13.9 Å². The Morgan fingerprint density at radius 3 is 2.78 bits per heavy atom. The minimum absolute atomic E-state index is 0.0445. The third-order valence-corrected chi connectivity index (χ3v) is 5.78. The third-order valence-electron chi connectivity index (χ3n) is 5.78. The van der Waals surface area contributed by atoms with Gasteiger partial charge in [0.05, 0.1) is 42.3 Å². The molecule has 0 fully saturated rings. The van der Waals surface area contributed by atoms with E-state index < -0.39 is 0 Å². The average Bonchev–Trinajstić information content (AvgIpc) is 3.60. The number of methoxy groups -OCH3 is 2. The van der Waals surface area contributed by atoms with Gasteiger partial charge in [0.1, 0.15) is 18.7 Å². The number of amides is 1. The van der Waals surface area contributed by atoms with Gasteiger partial charge >= 0.3 is 0 Å². The second kappa shape index (κ2) is 12.1. The molecule has 0 bridgehead atoms. The van der Waals surface area contributed by atoms with Crippen LogP contribution in [0.25, 0.3) is 22.2 Å². The van der Waals surface area contributed by atoms with E-state index in [0.717, 1.165) is 35.0 Å². The number of aromatic nitrogens is 4. The van der Waals surface area contributed by atoms with Crippen LogP contribution in [0.2, 0.25) is 0 Å². The number of oxazole rings is 1. The molecule has 0 radical (unpaired) electrons. The molecule has 1 amide bonds. The number of pyridine rings is 1. The lowest BCUT2D eigenvalue weighted by Crippen LogP contribution is -2.32. The maximum Gasteiger partial charge on any atom is 0.263 e. The quantitative estimate of drug-likeness (QED) is 0.209. The standard InChI is InChI=1S/C26H29N5O5/c1-34-16-23(33)29-20(10-4-3-5-11-22(32)26-27-12-13-36-26)24-28-15-21(30-24)18-14-17-8-6-7-9-19(17)31-25(18)35-2/h6-9,12-15,20H,3-5,10-11,16H2,1-2H3,(H,28,30)(H,29,33)/t20-/m0/s1. The molecule has 0 aliphatic heterocycles. The summed E-state index contributed by atoms with van der Waals surface area (Å²) >= 11 is 0. The fourth-order valence-electron chi connectivity index (χ4n) is 4.02. The van der Waals surface area contributed by atoms with Gasteiger partial charge in [0.2, 0.25) is 17.6 Å². The first-order valence-corrected chi connectivity index (χ1v) is 11.8. The van der Waals surface area contributed by atoms with Gasteiger partial charge in [-0.25, -0.2) is 15.0 Å². The summed E-state index contributed by atoms with van der Waals surface area (Å²) in [5.41, 5.74) is 2.36. The molecule has 10 heteroatoms. The van der Waals surface area contributed by atoms with Crippen molar-refractivity contribution in [2.75, 3.05) is 20.8 Å². The molecule has 0 saturated carbocycles. The van der Waals surface area contributed by atoms with Crippen molar-refractivity contribution in [1.29, 1.82) is 0 Å². The number of hydrogen-bond donors (Lipinski definition) is 2. The van der Waals surface area contributed by atoms with Crippen molar-refractivity contribution < 1.29 is 23.5 Å².